The summed E-state index contributed by atoms with van der Waals surface area (Å²) in [5.74, 6) is 2.85. The largest absolute Gasteiger partial charge is 0.343 e. The molecule has 0 aromatic heterocycles. The van der Waals surface area contributed by atoms with Crippen LogP contribution in [-0.4, -0.2) is 30.4 Å². The molecule has 3 nitrogen and oxygen atoms in total. The zero-order valence-corrected chi connectivity index (χ0v) is 11.0. The first-order valence-electron chi connectivity index (χ1n) is 7.22. The van der Waals surface area contributed by atoms with Crippen LogP contribution in [0.4, 0.5) is 0 Å². The summed E-state index contributed by atoms with van der Waals surface area (Å²) in [4.78, 5) is 14.2. The van der Waals surface area contributed by atoms with Crippen LogP contribution < -0.4 is 5.73 Å². The number of nitrogens with zero attached hydrogens (tertiary/aromatic N) is 1. The Morgan fingerprint density at radius 1 is 1.35 bits per heavy atom. The predicted octanol–water partition coefficient (Wildman–Crippen LogP) is 2.01. The molecule has 2 fully saturated rings. The summed E-state index contributed by atoms with van der Waals surface area (Å²) in [7, 11) is 0. The highest BCUT2D eigenvalue weighted by molar-refractivity contribution is 5.76. The summed E-state index contributed by atoms with van der Waals surface area (Å²) >= 11 is 0. The quantitative estimate of drug-likeness (QED) is 0.769. The lowest BCUT2D eigenvalue weighted by Crippen LogP contribution is -2.34. The minimum absolute atomic E-state index is 0.360. The SMILES string of the molecule is CCN(CCCN)C(=O)CC1CC2CCC1C2. The fourth-order valence-corrected chi connectivity index (χ4v) is 3.72. The van der Waals surface area contributed by atoms with Crippen LogP contribution in [-0.2, 0) is 4.79 Å². The molecular formula is C14H26N2O. The number of carbonyl (C=O) groups is 1. The third-order valence-corrected chi connectivity index (χ3v) is 4.69. The first-order chi connectivity index (χ1) is 8.24. The molecule has 2 N–H and O–H groups in total. The van der Waals surface area contributed by atoms with E-state index in [1.807, 2.05) is 4.90 Å². The van der Waals surface area contributed by atoms with Crippen molar-refractivity contribution in [1.29, 1.82) is 0 Å². The van der Waals surface area contributed by atoms with E-state index in [9.17, 15) is 4.79 Å². The van der Waals surface area contributed by atoms with Gasteiger partial charge in [0.2, 0.25) is 5.91 Å². The van der Waals surface area contributed by atoms with Gasteiger partial charge in [0.1, 0.15) is 0 Å². The second-order valence-corrected chi connectivity index (χ2v) is 5.75. The standard InChI is InChI=1S/C14H26N2O/c1-2-16(7-3-6-15)14(17)10-13-9-11-4-5-12(13)8-11/h11-13H,2-10,15H2,1H3. The van der Waals surface area contributed by atoms with Crippen LogP contribution in [0.1, 0.15) is 45.4 Å². The van der Waals surface area contributed by atoms with E-state index in [-0.39, 0.29) is 0 Å². The predicted molar refractivity (Wildman–Crippen MR) is 69.5 cm³/mol. The number of fused-ring (bicyclic) bond motifs is 2. The number of hydrogen-bond acceptors (Lipinski definition) is 2. The summed E-state index contributed by atoms with van der Waals surface area (Å²) in [6, 6.07) is 0. The maximum absolute atomic E-state index is 12.2. The molecule has 2 bridgehead atoms. The minimum atomic E-state index is 0.360. The van der Waals surface area contributed by atoms with E-state index in [2.05, 4.69) is 6.92 Å². The molecule has 0 spiro atoms. The number of amides is 1. The van der Waals surface area contributed by atoms with Gasteiger partial charge in [-0.1, -0.05) is 6.42 Å². The zero-order chi connectivity index (χ0) is 12.3. The van der Waals surface area contributed by atoms with Gasteiger partial charge >= 0.3 is 0 Å². The summed E-state index contributed by atoms with van der Waals surface area (Å²) in [5, 5.41) is 0. The van der Waals surface area contributed by atoms with Crippen molar-refractivity contribution in [2.75, 3.05) is 19.6 Å². The molecule has 3 atom stereocenters. The Kier molecular flexibility index (Phi) is 4.43. The van der Waals surface area contributed by atoms with E-state index in [1.54, 1.807) is 0 Å². The highest BCUT2D eigenvalue weighted by Gasteiger charge is 2.40. The van der Waals surface area contributed by atoms with E-state index in [0.717, 1.165) is 37.8 Å². The molecule has 2 aliphatic carbocycles. The van der Waals surface area contributed by atoms with Gasteiger partial charge in [-0.15, -0.1) is 0 Å². The average Bonchev–Trinajstić information content (AvgIpc) is 2.92. The van der Waals surface area contributed by atoms with Crippen molar-refractivity contribution in [1.82, 2.24) is 4.90 Å². The Bertz CT molecular complexity index is 267. The molecule has 0 aromatic rings. The molecule has 3 heteroatoms. The van der Waals surface area contributed by atoms with Crippen LogP contribution in [0.5, 0.6) is 0 Å². The van der Waals surface area contributed by atoms with Crippen molar-refractivity contribution in [2.24, 2.45) is 23.5 Å². The van der Waals surface area contributed by atoms with Crippen LogP contribution in [0.2, 0.25) is 0 Å². The van der Waals surface area contributed by atoms with E-state index in [1.165, 1.54) is 25.7 Å². The Morgan fingerprint density at radius 2 is 2.18 bits per heavy atom. The molecule has 2 rings (SSSR count). The Morgan fingerprint density at radius 3 is 2.71 bits per heavy atom. The minimum Gasteiger partial charge on any atom is -0.343 e. The molecular weight excluding hydrogens is 212 g/mol. The first kappa shape index (κ1) is 12.9. The van der Waals surface area contributed by atoms with Gasteiger partial charge in [-0.05, 0) is 56.9 Å². The summed E-state index contributed by atoms with van der Waals surface area (Å²) in [6.45, 7) is 4.42. The topological polar surface area (TPSA) is 46.3 Å². The lowest BCUT2D eigenvalue weighted by atomic mass is 9.86. The van der Waals surface area contributed by atoms with Crippen molar-refractivity contribution in [2.45, 2.75) is 45.4 Å². The fourth-order valence-electron chi connectivity index (χ4n) is 3.72. The molecule has 98 valence electrons. The van der Waals surface area contributed by atoms with Crippen molar-refractivity contribution >= 4 is 5.91 Å². The molecule has 0 aromatic carbocycles. The van der Waals surface area contributed by atoms with Gasteiger partial charge in [0.05, 0.1) is 0 Å². The van der Waals surface area contributed by atoms with Gasteiger partial charge in [-0.25, -0.2) is 0 Å². The first-order valence-corrected chi connectivity index (χ1v) is 7.22. The Balaban J connectivity index is 1.79. The lowest BCUT2D eigenvalue weighted by molar-refractivity contribution is -0.132. The van der Waals surface area contributed by atoms with E-state index in [0.29, 0.717) is 18.4 Å². The molecule has 2 saturated carbocycles. The van der Waals surface area contributed by atoms with Gasteiger partial charge in [0.25, 0.3) is 0 Å². The summed E-state index contributed by atoms with van der Waals surface area (Å²) in [5.41, 5.74) is 5.51. The van der Waals surface area contributed by atoms with Gasteiger partial charge < -0.3 is 10.6 Å². The number of carbonyl (C=O) groups excluding carboxylic acids is 1. The zero-order valence-electron chi connectivity index (χ0n) is 11.0. The average molecular weight is 238 g/mol. The second-order valence-electron chi connectivity index (χ2n) is 5.75. The normalized spacial score (nSPS) is 30.8. The highest BCUT2D eigenvalue weighted by Crippen LogP contribution is 2.49. The van der Waals surface area contributed by atoms with Gasteiger partial charge in [0, 0.05) is 19.5 Å². The molecule has 2 aliphatic rings. The molecule has 0 saturated heterocycles. The molecule has 1 amide bonds. The maximum atomic E-state index is 12.2. The van der Waals surface area contributed by atoms with Crippen molar-refractivity contribution in [3.63, 3.8) is 0 Å². The van der Waals surface area contributed by atoms with E-state index < -0.39 is 0 Å². The Hall–Kier alpha value is -0.570. The molecule has 0 aliphatic heterocycles. The van der Waals surface area contributed by atoms with Crippen LogP contribution in [0.3, 0.4) is 0 Å². The van der Waals surface area contributed by atoms with Crippen LogP contribution in [0.15, 0.2) is 0 Å². The molecule has 17 heavy (non-hydrogen) atoms. The lowest BCUT2D eigenvalue weighted by Gasteiger charge is -2.26. The highest BCUT2D eigenvalue weighted by atomic mass is 16.2. The molecule has 3 unspecified atom stereocenters. The smallest absolute Gasteiger partial charge is 0.222 e. The van der Waals surface area contributed by atoms with E-state index >= 15 is 0 Å². The summed E-state index contributed by atoms with van der Waals surface area (Å²) < 4.78 is 0. The van der Waals surface area contributed by atoms with Gasteiger partial charge in [0.15, 0.2) is 0 Å². The molecule has 0 heterocycles. The summed E-state index contributed by atoms with van der Waals surface area (Å²) in [6.07, 6.45) is 7.21. The third-order valence-electron chi connectivity index (χ3n) is 4.69. The van der Waals surface area contributed by atoms with Gasteiger partial charge in [-0.2, -0.15) is 0 Å². The van der Waals surface area contributed by atoms with Crippen molar-refractivity contribution < 1.29 is 4.79 Å². The van der Waals surface area contributed by atoms with Crippen LogP contribution in [0, 0.1) is 17.8 Å². The van der Waals surface area contributed by atoms with Gasteiger partial charge in [-0.3, -0.25) is 4.79 Å². The number of rotatable bonds is 6. The van der Waals surface area contributed by atoms with Crippen LogP contribution >= 0.6 is 0 Å². The van der Waals surface area contributed by atoms with E-state index in [4.69, 9.17) is 5.73 Å². The third kappa shape index (κ3) is 3.01. The maximum Gasteiger partial charge on any atom is 0.222 e. The van der Waals surface area contributed by atoms with Crippen molar-refractivity contribution in [3.05, 3.63) is 0 Å². The monoisotopic (exact) mass is 238 g/mol. The fraction of sp³-hybridized carbons (Fsp3) is 0.929. The number of hydrogen-bond donors (Lipinski definition) is 1. The van der Waals surface area contributed by atoms with Crippen LogP contribution in [0.25, 0.3) is 0 Å². The molecule has 0 radical (unpaired) electrons. The Labute approximate surface area is 105 Å². The number of nitrogens with two attached hydrogens (primary N) is 1. The second kappa shape index (κ2) is 5.85. The van der Waals surface area contributed by atoms with Crippen molar-refractivity contribution in [3.8, 4) is 0 Å².